The molecule has 104 valence electrons. The van der Waals surface area contributed by atoms with Gasteiger partial charge >= 0.3 is 0 Å². The molecule has 1 amide bonds. The summed E-state index contributed by atoms with van der Waals surface area (Å²) in [6.45, 7) is 2.45. The minimum absolute atomic E-state index is 0.0409. The maximum Gasteiger partial charge on any atom is 0.224 e. The van der Waals surface area contributed by atoms with Crippen LogP contribution in [-0.4, -0.2) is 30.7 Å². The lowest BCUT2D eigenvalue weighted by Gasteiger charge is -2.12. The molecule has 0 aliphatic rings. The molecule has 1 aromatic rings. The molecule has 0 aliphatic carbocycles. The Labute approximate surface area is 112 Å². The van der Waals surface area contributed by atoms with Gasteiger partial charge in [-0.25, -0.2) is 0 Å². The molecule has 0 radical (unpaired) electrons. The number of carbonyl (C=O) groups excluding carboxylic acids is 1. The number of nitrogens with zero attached hydrogens (tertiary/aromatic N) is 1. The maximum atomic E-state index is 11.9. The molecule has 0 heterocycles. The van der Waals surface area contributed by atoms with Crippen molar-refractivity contribution >= 4 is 17.4 Å². The summed E-state index contributed by atoms with van der Waals surface area (Å²) in [4.78, 5) is 11.9. The molecular formula is C13H19N3O3. The van der Waals surface area contributed by atoms with E-state index in [1.165, 1.54) is 0 Å². The lowest BCUT2D eigenvalue weighted by atomic mass is 10.1. The normalized spacial score (nSPS) is 13.1. The summed E-state index contributed by atoms with van der Waals surface area (Å²) >= 11 is 0. The molecule has 1 rings (SSSR count). The van der Waals surface area contributed by atoms with Crippen LogP contribution in [0.4, 0.5) is 5.69 Å². The monoisotopic (exact) mass is 265 g/mol. The van der Waals surface area contributed by atoms with E-state index in [1.54, 1.807) is 31.4 Å². The van der Waals surface area contributed by atoms with E-state index >= 15 is 0 Å². The van der Waals surface area contributed by atoms with Gasteiger partial charge < -0.3 is 21.0 Å². The van der Waals surface area contributed by atoms with Crippen LogP contribution in [0.25, 0.3) is 0 Å². The van der Waals surface area contributed by atoms with Gasteiger partial charge in [0.1, 0.15) is 0 Å². The van der Waals surface area contributed by atoms with Crippen molar-refractivity contribution in [2.45, 2.75) is 13.3 Å². The van der Waals surface area contributed by atoms with E-state index in [1.807, 2.05) is 6.92 Å². The average molecular weight is 265 g/mol. The number of para-hydroxylation sites is 1. The number of anilines is 1. The number of methoxy groups -OCH3 is 1. The van der Waals surface area contributed by atoms with Gasteiger partial charge in [0.25, 0.3) is 0 Å². The van der Waals surface area contributed by atoms with E-state index in [9.17, 15) is 4.79 Å². The van der Waals surface area contributed by atoms with Crippen molar-refractivity contribution in [3.05, 3.63) is 29.8 Å². The highest BCUT2D eigenvalue weighted by molar-refractivity contribution is 6.05. The van der Waals surface area contributed by atoms with Crippen molar-refractivity contribution in [2.24, 2.45) is 16.8 Å². The van der Waals surface area contributed by atoms with Crippen molar-refractivity contribution in [3.63, 3.8) is 0 Å². The van der Waals surface area contributed by atoms with Crippen LogP contribution in [0, 0.1) is 5.92 Å². The molecule has 0 saturated carbocycles. The number of nitrogens with one attached hydrogen (secondary N) is 1. The molecule has 0 bridgehead atoms. The second-order valence-corrected chi connectivity index (χ2v) is 4.34. The van der Waals surface area contributed by atoms with Crippen molar-refractivity contribution in [1.29, 1.82) is 0 Å². The number of hydrogen-bond acceptors (Lipinski definition) is 4. The van der Waals surface area contributed by atoms with Gasteiger partial charge in [0.15, 0.2) is 5.84 Å². The number of nitrogens with two attached hydrogens (primary N) is 1. The van der Waals surface area contributed by atoms with Crippen LogP contribution in [0.3, 0.4) is 0 Å². The van der Waals surface area contributed by atoms with Crippen LogP contribution in [-0.2, 0) is 9.53 Å². The Morgan fingerprint density at radius 3 is 2.84 bits per heavy atom. The van der Waals surface area contributed by atoms with Gasteiger partial charge in [-0.15, -0.1) is 0 Å². The van der Waals surface area contributed by atoms with E-state index in [2.05, 4.69) is 10.5 Å². The van der Waals surface area contributed by atoms with Gasteiger partial charge in [0.2, 0.25) is 5.91 Å². The Bertz CT molecular complexity index is 460. The van der Waals surface area contributed by atoms with Crippen molar-refractivity contribution in [2.75, 3.05) is 19.0 Å². The first-order valence-corrected chi connectivity index (χ1v) is 5.94. The number of hydrogen-bond donors (Lipinski definition) is 3. The van der Waals surface area contributed by atoms with E-state index in [4.69, 9.17) is 15.7 Å². The number of benzene rings is 1. The van der Waals surface area contributed by atoms with E-state index < -0.39 is 0 Å². The van der Waals surface area contributed by atoms with Crippen LogP contribution >= 0.6 is 0 Å². The van der Waals surface area contributed by atoms with Crippen molar-refractivity contribution in [1.82, 2.24) is 0 Å². The number of rotatable bonds is 6. The number of carbonyl (C=O) groups is 1. The summed E-state index contributed by atoms with van der Waals surface area (Å²) in [7, 11) is 1.60. The molecule has 1 aromatic carbocycles. The molecule has 4 N–H and O–H groups in total. The zero-order valence-corrected chi connectivity index (χ0v) is 11.1. The summed E-state index contributed by atoms with van der Waals surface area (Å²) in [5.41, 5.74) is 6.55. The Balaban J connectivity index is 2.74. The van der Waals surface area contributed by atoms with Crippen LogP contribution < -0.4 is 11.1 Å². The molecule has 0 aromatic heterocycles. The Kier molecular flexibility index (Phi) is 5.81. The number of oxime groups is 1. The van der Waals surface area contributed by atoms with E-state index in [-0.39, 0.29) is 17.7 Å². The second-order valence-electron chi connectivity index (χ2n) is 4.34. The van der Waals surface area contributed by atoms with E-state index in [0.717, 1.165) is 0 Å². The summed E-state index contributed by atoms with van der Waals surface area (Å²) in [6, 6.07) is 6.88. The summed E-state index contributed by atoms with van der Waals surface area (Å²) in [6.07, 6.45) is 0.346. The zero-order chi connectivity index (χ0) is 14.3. The number of ether oxygens (including phenoxy) is 1. The molecule has 0 aliphatic heterocycles. The largest absolute Gasteiger partial charge is 0.409 e. The standard InChI is InChI=1S/C13H19N3O3/c1-9(8-19-2)7-12(17)15-11-6-4-3-5-10(11)13(14)16-18/h3-6,9,18H,7-8H2,1-2H3,(H2,14,16)(H,15,17). The van der Waals surface area contributed by atoms with Crippen LogP contribution in [0.2, 0.25) is 0 Å². The number of amides is 1. The lowest BCUT2D eigenvalue weighted by molar-refractivity contribution is -0.117. The highest BCUT2D eigenvalue weighted by atomic mass is 16.5. The van der Waals surface area contributed by atoms with Gasteiger partial charge in [-0.1, -0.05) is 24.2 Å². The third kappa shape index (κ3) is 4.59. The molecular weight excluding hydrogens is 246 g/mol. The smallest absolute Gasteiger partial charge is 0.224 e. The van der Waals surface area contributed by atoms with Gasteiger partial charge in [0.05, 0.1) is 5.69 Å². The zero-order valence-electron chi connectivity index (χ0n) is 11.1. The van der Waals surface area contributed by atoms with Gasteiger partial charge in [0, 0.05) is 25.7 Å². The average Bonchev–Trinajstić information content (AvgIpc) is 2.38. The first-order valence-electron chi connectivity index (χ1n) is 5.94. The van der Waals surface area contributed by atoms with Crippen molar-refractivity contribution < 1.29 is 14.7 Å². The van der Waals surface area contributed by atoms with E-state index in [0.29, 0.717) is 24.3 Å². The Morgan fingerprint density at radius 1 is 1.53 bits per heavy atom. The predicted octanol–water partition coefficient (Wildman–Crippen LogP) is 1.39. The number of amidine groups is 1. The summed E-state index contributed by atoms with van der Waals surface area (Å²) < 4.78 is 4.98. The van der Waals surface area contributed by atoms with Crippen LogP contribution in [0.5, 0.6) is 0 Å². The van der Waals surface area contributed by atoms with Gasteiger partial charge in [-0.2, -0.15) is 0 Å². The molecule has 1 atom stereocenters. The molecule has 19 heavy (non-hydrogen) atoms. The fourth-order valence-corrected chi connectivity index (χ4v) is 1.73. The first-order chi connectivity index (χ1) is 9.08. The minimum Gasteiger partial charge on any atom is -0.409 e. The minimum atomic E-state index is -0.136. The highest BCUT2D eigenvalue weighted by Gasteiger charge is 2.12. The van der Waals surface area contributed by atoms with Crippen LogP contribution in [0.15, 0.2) is 29.4 Å². The van der Waals surface area contributed by atoms with Gasteiger partial charge in [-0.3, -0.25) is 4.79 Å². The predicted molar refractivity (Wildman–Crippen MR) is 73.2 cm³/mol. The quantitative estimate of drug-likeness (QED) is 0.313. The molecule has 1 unspecified atom stereocenters. The molecule has 0 spiro atoms. The fraction of sp³-hybridized carbons (Fsp3) is 0.385. The SMILES string of the molecule is COCC(C)CC(=O)Nc1ccccc1C(N)=NO. The summed E-state index contributed by atoms with van der Waals surface area (Å²) in [5, 5.41) is 14.4. The van der Waals surface area contributed by atoms with Crippen LogP contribution in [0.1, 0.15) is 18.9 Å². The topological polar surface area (TPSA) is 96.9 Å². The molecule has 0 saturated heterocycles. The Hall–Kier alpha value is -2.08. The highest BCUT2D eigenvalue weighted by Crippen LogP contribution is 2.15. The second kappa shape index (κ2) is 7.38. The summed E-state index contributed by atoms with van der Waals surface area (Å²) in [5.74, 6) is -0.0513. The molecule has 0 fully saturated rings. The molecule has 6 nitrogen and oxygen atoms in total. The first kappa shape index (κ1) is 15.0. The fourth-order valence-electron chi connectivity index (χ4n) is 1.73. The Morgan fingerprint density at radius 2 is 2.21 bits per heavy atom. The maximum absolute atomic E-state index is 11.9. The lowest BCUT2D eigenvalue weighted by Crippen LogP contribution is -2.21. The third-order valence-electron chi connectivity index (χ3n) is 2.57. The third-order valence-corrected chi connectivity index (χ3v) is 2.57. The van der Waals surface area contributed by atoms with Crippen molar-refractivity contribution in [3.8, 4) is 0 Å². The molecule has 6 heteroatoms. The van der Waals surface area contributed by atoms with Gasteiger partial charge in [-0.05, 0) is 18.1 Å².